The maximum atomic E-state index is 11.5. The monoisotopic (exact) mass is 184 g/mol. The molecule has 3 N–H and O–H groups in total. The molecule has 0 amide bonds. The maximum absolute atomic E-state index is 11.5. The highest BCUT2D eigenvalue weighted by molar-refractivity contribution is 4.85. The summed E-state index contributed by atoms with van der Waals surface area (Å²) in [6.45, 7) is -1.25. The molecule has 1 fully saturated rings. The van der Waals surface area contributed by atoms with Crippen molar-refractivity contribution in [2.75, 3.05) is 6.61 Å². The molecule has 1 aliphatic rings. The molecule has 0 unspecified atom stereocenters. The van der Waals surface area contributed by atoms with E-state index in [4.69, 9.17) is 5.73 Å². The Morgan fingerprint density at radius 3 is 2.42 bits per heavy atom. The molecule has 72 valence electrons. The van der Waals surface area contributed by atoms with Gasteiger partial charge in [0.05, 0.1) is 0 Å². The van der Waals surface area contributed by atoms with E-state index in [-0.39, 0.29) is 12.1 Å². The third kappa shape index (κ3) is 3.38. The third-order valence-corrected chi connectivity index (χ3v) is 1.66. The minimum atomic E-state index is -4.27. The van der Waals surface area contributed by atoms with Crippen molar-refractivity contribution < 1.29 is 18.0 Å². The van der Waals surface area contributed by atoms with Crippen molar-refractivity contribution in [3.8, 4) is 0 Å². The Bertz CT molecular complexity index is 144. The summed E-state index contributed by atoms with van der Waals surface area (Å²) in [7, 11) is 0. The largest absolute Gasteiger partial charge is 0.413 e. The van der Waals surface area contributed by atoms with Crippen LogP contribution < -0.4 is 11.2 Å². The number of halogens is 3. The van der Waals surface area contributed by atoms with Crippen LogP contribution in [0.2, 0.25) is 0 Å². The lowest BCUT2D eigenvalue weighted by atomic mass is 9.88. The van der Waals surface area contributed by atoms with E-state index in [1.54, 1.807) is 0 Å². The van der Waals surface area contributed by atoms with Crippen molar-refractivity contribution in [1.82, 2.24) is 5.48 Å². The highest BCUT2D eigenvalue weighted by atomic mass is 19.4. The topological polar surface area (TPSA) is 47.3 Å². The quantitative estimate of drug-likeness (QED) is 0.630. The van der Waals surface area contributed by atoms with Gasteiger partial charge in [-0.3, -0.25) is 4.84 Å². The first-order valence-electron chi connectivity index (χ1n) is 3.67. The van der Waals surface area contributed by atoms with E-state index in [2.05, 4.69) is 10.3 Å². The van der Waals surface area contributed by atoms with Gasteiger partial charge in [0.2, 0.25) is 0 Å². The van der Waals surface area contributed by atoms with Crippen LogP contribution in [0.25, 0.3) is 0 Å². The summed E-state index contributed by atoms with van der Waals surface area (Å²) in [5.41, 5.74) is 7.71. The summed E-state index contributed by atoms with van der Waals surface area (Å²) >= 11 is 0. The van der Waals surface area contributed by atoms with Crippen molar-refractivity contribution in [2.45, 2.75) is 31.1 Å². The highest BCUT2D eigenvalue weighted by Gasteiger charge is 2.30. The van der Waals surface area contributed by atoms with Gasteiger partial charge in [0.25, 0.3) is 0 Å². The van der Waals surface area contributed by atoms with E-state index < -0.39 is 12.8 Å². The summed E-state index contributed by atoms with van der Waals surface area (Å²) < 4.78 is 34.5. The van der Waals surface area contributed by atoms with E-state index in [9.17, 15) is 13.2 Å². The second-order valence-corrected chi connectivity index (χ2v) is 2.95. The Balaban J connectivity index is 1.97. The summed E-state index contributed by atoms with van der Waals surface area (Å²) in [6.07, 6.45) is -2.91. The summed E-state index contributed by atoms with van der Waals surface area (Å²) in [4.78, 5) is 4.22. The molecule has 0 radical (unpaired) electrons. The zero-order valence-electron chi connectivity index (χ0n) is 6.40. The van der Waals surface area contributed by atoms with E-state index in [1.165, 1.54) is 0 Å². The lowest BCUT2D eigenvalue weighted by molar-refractivity contribution is -0.195. The van der Waals surface area contributed by atoms with Crippen LogP contribution in [0.1, 0.15) is 12.8 Å². The normalized spacial score (nSPS) is 30.0. The number of nitrogens with two attached hydrogens (primary N) is 1. The van der Waals surface area contributed by atoms with Gasteiger partial charge in [-0.1, -0.05) is 0 Å². The van der Waals surface area contributed by atoms with Crippen LogP contribution in [0.4, 0.5) is 13.2 Å². The summed E-state index contributed by atoms with van der Waals surface area (Å²) in [5.74, 6) is 0. The molecule has 0 aromatic carbocycles. The first kappa shape index (κ1) is 9.76. The van der Waals surface area contributed by atoms with E-state index in [0.29, 0.717) is 12.8 Å². The molecule has 0 aromatic rings. The standard InChI is InChI=1S/C6H11F3N2O/c7-6(8,9)3-12-11-5-1-4(10)2-5/h4-5,11H,1-3,10H2. The van der Waals surface area contributed by atoms with Gasteiger partial charge in [-0.2, -0.15) is 18.7 Å². The average Bonchev–Trinajstić information content (AvgIpc) is 1.81. The number of nitrogens with one attached hydrogen (secondary N) is 1. The first-order chi connectivity index (χ1) is 5.47. The fraction of sp³-hybridized carbons (Fsp3) is 1.00. The SMILES string of the molecule is NC1CC(NOCC(F)(F)F)C1. The van der Waals surface area contributed by atoms with E-state index in [0.717, 1.165) is 0 Å². The fourth-order valence-electron chi connectivity index (χ4n) is 0.999. The first-order valence-corrected chi connectivity index (χ1v) is 3.67. The van der Waals surface area contributed by atoms with Crippen LogP contribution in [-0.2, 0) is 4.84 Å². The molecule has 0 spiro atoms. The number of rotatable bonds is 3. The lowest BCUT2D eigenvalue weighted by Crippen LogP contribution is -2.48. The van der Waals surface area contributed by atoms with Gasteiger partial charge in [-0.05, 0) is 12.8 Å². The molecule has 6 heteroatoms. The predicted molar refractivity (Wildman–Crippen MR) is 36.1 cm³/mol. The lowest BCUT2D eigenvalue weighted by Gasteiger charge is -2.32. The van der Waals surface area contributed by atoms with Gasteiger partial charge >= 0.3 is 6.18 Å². The number of hydroxylamine groups is 1. The summed E-state index contributed by atoms with van der Waals surface area (Å²) in [5, 5.41) is 0. The van der Waals surface area contributed by atoms with Gasteiger partial charge in [0, 0.05) is 12.1 Å². The Labute approximate surface area is 68.0 Å². The molecule has 0 saturated heterocycles. The van der Waals surface area contributed by atoms with Crippen molar-refractivity contribution >= 4 is 0 Å². The van der Waals surface area contributed by atoms with E-state index in [1.807, 2.05) is 0 Å². The molecule has 1 aliphatic carbocycles. The molecule has 0 atom stereocenters. The van der Waals surface area contributed by atoms with Crippen molar-refractivity contribution in [1.29, 1.82) is 0 Å². The minimum Gasteiger partial charge on any atom is -0.328 e. The predicted octanol–water partition coefficient (Wildman–Crippen LogP) is 0.560. The van der Waals surface area contributed by atoms with Crippen LogP contribution in [0.5, 0.6) is 0 Å². The molecule has 1 rings (SSSR count). The average molecular weight is 184 g/mol. The molecule has 0 aliphatic heterocycles. The second-order valence-electron chi connectivity index (χ2n) is 2.95. The summed E-state index contributed by atoms with van der Waals surface area (Å²) in [6, 6.07) is 0.0966. The molecular formula is C6H11F3N2O. The molecule has 0 heterocycles. The van der Waals surface area contributed by atoms with Crippen LogP contribution in [0.15, 0.2) is 0 Å². The van der Waals surface area contributed by atoms with Gasteiger partial charge in [-0.15, -0.1) is 0 Å². The van der Waals surface area contributed by atoms with Gasteiger partial charge in [0.15, 0.2) is 6.61 Å². The van der Waals surface area contributed by atoms with Crippen LogP contribution in [0, 0.1) is 0 Å². The Hall–Kier alpha value is -0.330. The number of hydrogen-bond acceptors (Lipinski definition) is 3. The van der Waals surface area contributed by atoms with Crippen molar-refractivity contribution in [3.05, 3.63) is 0 Å². The number of alkyl halides is 3. The second kappa shape index (κ2) is 3.59. The molecule has 0 bridgehead atoms. The van der Waals surface area contributed by atoms with Crippen LogP contribution in [0.3, 0.4) is 0 Å². The van der Waals surface area contributed by atoms with Gasteiger partial charge in [-0.25, -0.2) is 0 Å². The van der Waals surface area contributed by atoms with Crippen molar-refractivity contribution in [2.24, 2.45) is 5.73 Å². The zero-order valence-corrected chi connectivity index (χ0v) is 6.40. The van der Waals surface area contributed by atoms with Gasteiger partial charge in [0.1, 0.15) is 0 Å². The zero-order chi connectivity index (χ0) is 9.19. The Kier molecular flexibility index (Phi) is 2.92. The smallest absolute Gasteiger partial charge is 0.328 e. The molecule has 3 nitrogen and oxygen atoms in total. The van der Waals surface area contributed by atoms with Crippen molar-refractivity contribution in [3.63, 3.8) is 0 Å². The molecule has 12 heavy (non-hydrogen) atoms. The molecule has 0 aromatic heterocycles. The van der Waals surface area contributed by atoms with Crippen LogP contribution in [-0.4, -0.2) is 24.9 Å². The maximum Gasteiger partial charge on any atom is 0.413 e. The highest BCUT2D eigenvalue weighted by Crippen LogP contribution is 2.18. The third-order valence-electron chi connectivity index (χ3n) is 1.66. The number of hydrogen-bond donors (Lipinski definition) is 2. The van der Waals surface area contributed by atoms with E-state index >= 15 is 0 Å². The van der Waals surface area contributed by atoms with Gasteiger partial charge < -0.3 is 5.73 Å². The Morgan fingerprint density at radius 1 is 1.42 bits per heavy atom. The van der Waals surface area contributed by atoms with Crippen LogP contribution >= 0.6 is 0 Å². The minimum absolute atomic E-state index is 0.0117. The Morgan fingerprint density at radius 2 is 2.00 bits per heavy atom. The fourth-order valence-corrected chi connectivity index (χ4v) is 0.999. The molecule has 1 saturated carbocycles. The molecular weight excluding hydrogens is 173 g/mol.